The topological polar surface area (TPSA) is 128 Å². The van der Waals surface area contributed by atoms with Crippen LogP contribution in [0.1, 0.15) is 26.7 Å². The van der Waals surface area contributed by atoms with Crippen LogP contribution in [0.4, 0.5) is 4.79 Å². The van der Waals surface area contributed by atoms with Gasteiger partial charge in [-0.2, -0.15) is 12.6 Å². The number of Topliss-reactive ketones (excluding diaryl/α,β-unsaturated/α-hetero) is 1. The number of esters is 1. The molecule has 2 aliphatic heterocycles. The smallest absolute Gasteiger partial charge is 0.427 e. The zero-order valence-corrected chi connectivity index (χ0v) is 15.7. The first-order valence-corrected chi connectivity index (χ1v) is 8.84. The van der Waals surface area contributed by atoms with Crippen molar-refractivity contribution in [2.75, 3.05) is 12.5 Å². The maximum atomic E-state index is 12.9. The van der Waals surface area contributed by atoms with E-state index in [4.69, 9.17) is 9.57 Å². The number of nitrogens with one attached hydrogen (secondary N) is 1. The fourth-order valence-electron chi connectivity index (χ4n) is 2.74. The van der Waals surface area contributed by atoms with Crippen LogP contribution in [0.5, 0.6) is 0 Å². The lowest BCUT2D eigenvalue weighted by molar-refractivity contribution is -0.169. The second kappa shape index (κ2) is 8.89. The number of hydrogen-bond acceptors (Lipinski definition) is 9. The van der Waals surface area contributed by atoms with E-state index in [0.717, 1.165) is 5.06 Å². The molecular weight excluding hydrogens is 380 g/mol. The normalized spacial score (nSPS) is 26.4. The van der Waals surface area contributed by atoms with Crippen molar-refractivity contribution >= 4 is 42.4 Å². The molecular formula is C16H20N2O8S. The van der Waals surface area contributed by atoms with E-state index in [2.05, 4.69) is 22.7 Å². The third kappa shape index (κ3) is 5.00. The lowest BCUT2D eigenvalue weighted by atomic mass is 9.86. The summed E-state index contributed by atoms with van der Waals surface area (Å²) in [5.41, 5.74) is 0.248. The van der Waals surface area contributed by atoms with Crippen LogP contribution in [-0.2, 0) is 33.5 Å². The fraction of sp³-hybridized carbons (Fsp3) is 0.562. The first kappa shape index (κ1) is 20.7. The lowest BCUT2D eigenvalue weighted by Crippen LogP contribution is -2.46. The number of nitrogens with zero attached hydrogens (tertiary/aromatic N) is 1. The van der Waals surface area contributed by atoms with Crippen LogP contribution in [0.2, 0.25) is 0 Å². The Hall–Kier alpha value is -2.56. The zero-order valence-electron chi connectivity index (χ0n) is 14.8. The van der Waals surface area contributed by atoms with E-state index in [9.17, 15) is 24.0 Å². The van der Waals surface area contributed by atoms with E-state index in [1.807, 2.05) is 0 Å². The molecule has 0 aromatic rings. The molecule has 0 saturated carbocycles. The van der Waals surface area contributed by atoms with Gasteiger partial charge in [0.1, 0.15) is 0 Å². The highest BCUT2D eigenvalue weighted by molar-refractivity contribution is 7.80. The van der Waals surface area contributed by atoms with Gasteiger partial charge in [0.15, 0.2) is 5.78 Å². The Morgan fingerprint density at radius 2 is 2.00 bits per heavy atom. The van der Waals surface area contributed by atoms with Gasteiger partial charge in [0.25, 0.3) is 5.91 Å². The Morgan fingerprint density at radius 1 is 1.30 bits per heavy atom. The van der Waals surface area contributed by atoms with Crippen LogP contribution in [0.15, 0.2) is 11.8 Å². The molecule has 2 rings (SSSR count). The molecule has 2 aliphatic rings. The molecule has 27 heavy (non-hydrogen) atoms. The van der Waals surface area contributed by atoms with Gasteiger partial charge in [-0.1, -0.05) is 6.92 Å². The molecule has 1 fully saturated rings. The number of cyclic esters (lactones) is 2. The molecule has 1 saturated heterocycles. The van der Waals surface area contributed by atoms with Crippen molar-refractivity contribution in [3.63, 3.8) is 0 Å². The van der Waals surface area contributed by atoms with Crippen molar-refractivity contribution in [1.82, 2.24) is 10.4 Å². The first-order valence-electron chi connectivity index (χ1n) is 8.21. The number of allylic oxidation sites excluding steroid dienone is 2. The van der Waals surface area contributed by atoms with Gasteiger partial charge in [0, 0.05) is 19.1 Å². The second-order valence-corrected chi connectivity index (χ2v) is 6.43. The maximum absolute atomic E-state index is 12.9. The lowest BCUT2D eigenvalue weighted by Gasteiger charge is -2.24. The Bertz CT molecular complexity index is 692. The van der Waals surface area contributed by atoms with Crippen LogP contribution >= 0.6 is 12.6 Å². The highest BCUT2D eigenvalue weighted by Crippen LogP contribution is 2.29. The number of rotatable bonds is 4. The maximum Gasteiger partial charge on any atom is 0.536 e. The van der Waals surface area contributed by atoms with Crippen LogP contribution in [-0.4, -0.2) is 53.4 Å². The number of hydroxylamine groups is 2. The monoisotopic (exact) mass is 400 g/mol. The molecule has 1 N–H and O–H groups in total. The number of thiol groups is 1. The number of hydrogen-bond donors (Lipinski definition) is 2. The summed E-state index contributed by atoms with van der Waals surface area (Å²) in [6.07, 6.45) is 0.452. The molecule has 0 aromatic carbocycles. The number of carbonyl (C=O) groups is 5. The Labute approximate surface area is 160 Å². The van der Waals surface area contributed by atoms with E-state index < -0.39 is 54.4 Å². The Kier molecular flexibility index (Phi) is 6.83. The molecule has 11 heteroatoms. The van der Waals surface area contributed by atoms with Gasteiger partial charge in [0.05, 0.1) is 23.6 Å². The second-order valence-electron chi connectivity index (χ2n) is 6.07. The van der Waals surface area contributed by atoms with Crippen molar-refractivity contribution in [3.8, 4) is 0 Å². The van der Waals surface area contributed by atoms with Gasteiger partial charge >= 0.3 is 12.1 Å². The number of fused-ring (bicyclic) bond motifs is 1. The van der Waals surface area contributed by atoms with Gasteiger partial charge in [-0.3, -0.25) is 24.0 Å². The molecule has 0 radical (unpaired) electrons. The largest absolute Gasteiger partial charge is 0.536 e. The number of ketones is 1. The predicted octanol–water partition coefficient (Wildman–Crippen LogP) is 0.331. The number of carbonyl (C=O) groups excluding carboxylic acids is 5. The summed E-state index contributed by atoms with van der Waals surface area (Å²) in [5, 5.41) is 3.23. The Balaban J connectivity index is 2.42. The summed E-state index contributed by atoms with van der Waals surface area (Å²) in [4.78, 5) is 64.9. The molecule has 148 valence electrons. The van der Waals surface area contributed by atoms with Gasteiger partial charge < -0.3 is 14.8 Å². The summed E-state index contributed by atoms with van der Waals surface area (Å²) in [6, 6.07) is -0.947. The standard InChI is InChI=1S/C16H20N2O8S/c1-8-11(14(21)12(6-27)17-9(2)19)5-10-3-4-13(20)18(10)26-16(23)25-7-24-15(8)22/h5,8,11-12,27H,3-4,6-7H2,1-2H3,(H,17,19)/b10-5-/t8?,11?,12-/m1/s1. The number of ether oxygens (including phenoxy) is 2. The molecule has 2 heterocycles. The summed E-state index contributed by atoms with van der Waals surface area (Å²) in [5.74, 6) is -4.17. The van der Waals surface area contributed by atoms with E-state index in [-0.39, 0.29) is 24.3 Å². The quantitative estimate of drug-likeness (QED) is 0.510. The highest BCUT2D eigenvalue weighted by Gasteiger charge is 2.38. The summed E-state index contributed by atoms with van der Waals surface area (Å²) >= 11 is 4.08. The van der Waals surface area contributed by atoms with Gasteiger partial charge in [-0.05, 0) is 12.5 Å². The minimum absolute atomic E-state index is 0.0145. The molecule has 0 bridgehead atoms. The van der Waals surface area contributed by atoms with Crippen LogP contribution < -0.4 is 5.32 Å². The molecule has 2 amide bonds. The highest BCUT2D eigenvalue weighted by atomic mass is 32.1. The molecule has 10 nitrogen and oxygen atoms in total. The molecule has 0 aromatic heterocycles. The van der Waals surface area contributed by atoms with Crippen LogP contribution in [0.3, 0.4) is 0 Å². The SMILES string of the molecule is CC(=O)N[C@H](CS)C(=O)C1/C=C2/CCC(=O)N2OC(=O)OCOC(=O)C1C. The Morgan fingerprint density at radius 3 is 2.63 bits per heavy atom. The van der Waals surface area contributed by atoms with Crippen molar-refractivity contribution in [1.29, 1.82) is 0 Å². The third-order valence-corrected chi connectivity index (χ3v) is 4.51. The summed E-state index contributed by atoms with van der Waals surface area (Å²) in [6.45, 7) is 2.00. The summed E-state index contributed by atoms with van der Waals surface area (Å²) < 4.78 is 9.41. The first-order chi connectivity index (χ1) is 12.7. The average Bonchev–Trinajstić information content (AvgIpc) is 2.94. The van der Waals surface area contributed by atoms with Crippen LogP contribution in [0, 0.1) is 11.8 Å². The fourth-order valence-corrected chi connectivity index (χ4v) is 3.01. The van der Waals surface area contributed by atoms with E-state index >= 15 is 0 Å². The molecule has 0 aliphatic carbocycles. The molecule has 0 spiro atoms. The van der Waals surface area contributed by atoms with E-state index in [0.29, 0.717) is 0 Å². The van der Waals surface area contributed by atoms with Crippen molar-refractivity contribution in [3.05, 3.63) is 11.8 Å². The van der Waals surface area contributed by atoms with Crippen molar-refractivity contribution < 1.29 is 38.3 Å². The minimum Gasteiger partial charge on any atom is -0.427 e. The van der Waals surface area contributed by atoms with E-state index in [1.165, 1.54) is 19.9 Å². The van der Waals surface area contributed by atoms with E-state index in [1.54, 1.807) is 0 Å². The predicted molar refractivity (Wildman–Crippen MR) is 91.8 cm³/mol. The van der Waals surface area contributed by atoms with Gasteiger partial charge in [0.2, 0.25) is 12.7 Å². The average molecular weight is 400 g/mol. The number of amides is 2. The summed E-state index contributed by atoms with van der Waals surface area (Å²) in [7, 11) is 0. The van der Waals surface area contributed by atoms with Crippen molar-refractivity contribution in [2.45, 2.75) is 32.7 Å². The molecule has 3 atom stereocenters. The third-order valence-electron chi connectivity index (χ3n) is 4.14. The van der Waals surface area contributed by atoms with Gasteiger partial charge in [-0.15, -0.1) is 5.06 Å². The molecule has 2 unspecified atom stereocenters. The van der Waals surface area contributed by atoms with Crippen LogP contribution in [0.25, 0.3) is 0 Å². The zero-order chi connectivity index (χ0) is 20.1. The van der Waals surface area contributed by atoms with Crippen molar-refractivity contribution in [2.24, 2.45) is 11.8 Å². The van der Waals surface area contributed by atoms with Gasteiger partial charge in [-0.25, -0.2) is 4.79 Å². The minimum atomic E-state index is -1.21.